The van der Waals surface area contributed by atoms with Gasteiger partial charge in [-0.25, -0.2) is 9.78 Å². The number of hydrogen-bond acceptors (Lipinski definition) is 4. The Morgan fingerprint density at radius 1 is 1.48 bits per heavy atom. The number of carboxylic acids is 1. The van der Waals surface area contributed by atoms with Gasteiger partial charge in [-0.05, 0) is 31.2 Å². The van der Waals surface area contributed by atoms with E-state index >= 15 is 0 Å². The number of rotatable bonds is 6. The van der Waals surface area contributed by atoms with Crippen LogP contribution in [0.3, 0.4) is 0 Å². The maximum atomic E-state index is 11.0. The molecule has 0 aromatic carbocycles. The average molecular weight is 291 g/mol. The third kappa shape index (κ3) is 3.86. The Balaban J connectivity index is 2.24. The molecule has 1 aliphatic carbocycles. The molecule has 1 aromatic rings. The van der Waals surface area contributed by atoms with E-state index in [4.69, 9.17) is 10.8 Å². The fourth-order valence-corrected chi connectivity index (χ4v) is 2.91. The zero-order chi connectivity index (χ0) is 15.4. The van der Waals surface area contributed by atoms with E-state index in [1.807, 2.05) is 0 Å². The molecule has 0 saturated heterocycles. The molecule has 21 heavy (non-hydrogen) atoms. The van der Waals surface area contributed by atoms with Gasteiger partial charge in [0.2, 0.25) is 0 Å². The average Bonchev–Trinajstić information content (AvgIpc) is 2.94. The summed E-state index contributed by atoms with van der Waals surface area (Å²) in [5, 5.41) is 9.02. The Hall–Kier alpha value is -1.78. The van der Waals surface area contributed by atoms with Crippen molar-refractivity contribution in [2.24, 2.45) is 5.92 Å². The molecule has 0 bridgehead atoms. The third-order valence-corrected chi connectivity index (χ3v) is 4.13. The first-order valence-corrected chi connectivity index (χ1v) is 7.74. The van der Waals surface area contributed by atoms with Crippen LogP contribution in [0.25, 0.3) is 0 Å². The molecule has 0 unspecified atom stereocenters. The van der Waals surface area contributed by atoms with Crippen molar-refractivity contribution >= 4 is 17.5 Å². The summed E-state index contributed by atoms with van der Waals surface area (Å²) in [5.74, 6) is 0.372. The summed E-state index contributed by atoms with van der Waals surface area (Å²) < 4.78 is 0. The highest BCUT2D eigenvalue weighted by molar-refractivity contribution is 5.89. The van der Waals surface area contributed by atoms with Crippen LogP contribution in [0.5, 0.6) is 0 Å². The largest absolute Gasteiger partial charge is 0.478 e. The number of nitrogens with zero attached hydrogens (tertiary/aromatic N) is 2. The SMILES string of the molecule is CC(C)CCN(c1ncc(C(=O)O)cc1N)C1CCCC1. The highest BCUT2D eigenvalue weighted by Crippen LogP contribution is 2.31. The van der Waals surface area contributed by atoms with E-state index < -0.39 is 5.97 Å². The highest BCUT2D eigenvalue weighted by atomic mass is 16.4. The molecule has 1 fully saturated rings. The number of aromatic carboxylic acids is 1. The van der Waals surface area contributed by atoms with Gasteiger partial charge in [-0.3, -0.25) is 0 Å². The smallest absolute Gasteiger partial charge is 0.337 e. The Morgan fingerprint density at radius 3 is 2.67 bits per heavy atom. The summed E-state index contributed by atoms with van der Waals surface area (Å²) in [4.78, 5) is 17.6. The molecule has 0 atom stereocenters. The number of carbonyl (C=O) groups is 1. The lowest BCUT2D eigenvalue weighted by molar-refractivity contribution is 0.0696. The van der Waals surface area contributed by atoms with Crippen molar-refractivity contribution < 1.29 is 9.90 Å². The molecule has 0 radical (unpaired) electrons. The first-order chi connectivity index (χ1) is 9.99. The highest BCUT2D eigenvalue weighted by Gasteiger charge is 2.25. The van der Waals surface area contributed by atoms with Crippen LogP contribution in [0.1, 0.15) is 56.3 Å². The first-order valence-electron chi connectivity index (χ1n) is 7.74. The second kappa shape index (κ2) is 6.78. The molecule has 2 rings (SSSR count). The second-order valence-electron chi connectivity index (χ2n) is 6.26. The van der Waals surface area contributed by atoms with E-state index in [0.717, 1.165) is 18.8 Å². The number of nitrogen functional groups attached to an aromatic ring is 1. The van der Waals surface area contributed by atoms with Gasteiger partial charge in [0.1, 0.15) is 0 Å². The van der Waals surface area contributed by atoms with Gasteiger partial charge >= 0.3 is 5.97 Å². The van der Waals surface area contributed by atoms with Crippen molar-refractivity contribution in [2.75, 3.05) is 17.2 Å². The maximum Gasteiger partial charge on any atom is 0.337 e. The Labute approximate surface area is 126 Å². The molecule has 116 valence electrons. The van der Waals surface area contributed by atoms with Crippen LogP contribution < -0.4 is 10.6 Å². The predicted octanol–water partition coefficient (Wildman–Crippen LogP) is 3.16. The van der Waals surface area contributed by atoms with Crippen LogP contribution in [-0.4, -0.2) is 28.6 Å². The summed E-state index contributed by atoms with van der Waals surface area (Å²) in [6.07, 6.45) is 7.31. The normalized spacial score (nSPS) is 15.6. The summed E-state index contributed by atoms with van der Waals surface area (Å²) in [5.41, 5.74) is 6.67. The molecule has 5 nitrogen and oxygen atoms in total. The van der Waals surface area contributed by atoms with Crippen LogP contribution in [0.4, 0.5) is 11.5 Å². The lowest BCUT2D eigenvalue weighted by Crippen LogP contribution is -2.36. The molecule has 1 aliphatic rings. The standard InChI is InChI=1S/C16H25N3O2/c1-11(2)7-8-19(13-5-3-4-6-13)15-14(17)9-12(10-18-15)16(20)21/h9-11,13H,3-8,17H2,1-2H3,(H,20,21). The number of pyridine rings is 1. The molecular formula is C16H25N3O2. The second-order valence-corrected chi connectivity index (χ2v) is 6.26. The third-order valence-electron chi connectivity index (χ3n) is 4.13. The fraction of sp³-hybridized carbons (Fsp3) is 0.625. The molecule has 0 spiro atoms. The van der Waals surface area contributed by atoms with Crippen molar-refractivity contribution in [1.29, 1.82) is 0 Å². The van der Waals surface area contributed by atoms with Crippen LogP contribution >= 0.6 is 0 Å². The van der Waals surface area contributed by atoms with Gasteiger partial charge in [-0.15, -0.1) is 0 Å². The number of hydrogen-bond donors (Lipinski definition) is 2. The number of carboxylic acid groups (broad SMARTS) is 1. The molecule has 0 aliphatic heterocycles. The monoisotopic (exact) mass is 291 g/mol. The summed E-state index contributed by atoms with van der Waals surface area (Å²) >= 11 is 0. The molecule has 3 N–H and O–H groups in total. The van der Waals surface area contributed by atoms with Crippen molar-refractivity contribution in [2.45, 2.75) is 52.0 Å². The summed E-state index contributed by atoms with van der Waals surface area (Å²) in [6, 6.07) is 2.00. The summed E-state index contributed by atoms with van der Waals surface area (Å²) in [6.45, 7) is 5.33. The minimum atomic E-state index is -0.990. The van der Waals surface area contributed by atoms with E-state index in [1.165, 1.54) is 37.9 Å². The number of aromatic nitrogens is 1. The van der Waals surface area contributed by atoms with E-state index in [-0.39, 0.29) is 5.56 Å². The maximum absolute atomic E-state index is 11.0. The topological polar surface area (TPSA) is 79.5 Å². The zero-order valence-corrected chi connectivity index (χ0v) is 12.9. The van der Waals surface area contributed by atoms with Crippen molar-refractivity contribution in [3.8, 4) is 0 Å². The fourth-order valence-electron chi connectivity index (χ4n) is 2.91. The van der Waals surface area contributed by atoms with E-state index in [9.17, 15) is 4.79 Å². The molecule has 0 amide bonds. The van der Waals surface area contributed by atoms with Crippen molar-refractivity contribution in [3.05, 3.63) is 17.8 Å². The van der Waals surface area contributed by atoms with Gasteiger partial charge in [0.15, 0.2) is 5.82 Å². The van der Waals surface area contributed by atoms with E-state index in [0.29, 0.717) is 17.6 Å². The van der Waals surface area contributed by atoms with E-state index in [1.54, 1.807) is 0 Å². The van der Waals surface area contributed by atoms with Crippen LogP contribution in [0, 0.1) is 5.92 Å². The quantitative estimate of drug-likeness (QED) is 0.841. The van der Waals surface area contributed by atoms with Gasteiger partial charge in [-0.2, -0.15) is 0 Å². The number of nitrogens with two attached hydrogens (primary N) is 1. The van der Waals surface area contributed by atoms with Crippen LogP contribution in [0.2, 0.25) is 0 Å². The molecule has 5 heteroatoms. The van der Waals surface area contributed by atoms with Gasteiger partial charge in [0.25, 0.3) is 0 Å². The number of anilines is 2. The molecule has 1 aromatic heterocycles. The van der Waals surface area contributed by atoms with Crippen molar-refractivity contribution in [1.82, 2.24) is 4.98 Å². The van der Waals surface area contributed by atoms with Gasteiger partial charge in [0, 0.05) is 18.8 Å². The predicted molar refractivity (Wildman–Crippen MR) is 84.7 cm³/mol. The van der Waals surface area contributed by atoms with Crippen molar-refractivity contribution in [3.63, 3.8) is 0 Å². The summed E-state index contributed by atoms with van der Waals surface area (Å²) in [7, 11) is 0. The first kappa shape index (κ1) is 15.6. The van der Waals surface area contributed by atoms with Gasteiger partial charge in [0.05, 0.1) is 11.3 Å². The Morgan fingerprint density at radius 2 is 2.14 bits per heavy atom. The van der Waals surface area contributed by atoms with Crippen LogP contribution in [0.15, 0.2) is 12.3 Å². The molecular weight excluding hydrogens is 266 g/mol. The lowest BCUT2D eigenvalue weighted by Gasteiger charge is -2.31. The minimum absolute atomic E-state index is 0.145. The molecule has 1 saturated carbocycles. The van der Waals surface area contributed by atoms with Gasteiger partial charge < -0.3 is 15.7 Å². The minimum Gasteiger partial charge on any atom is -0.478 e. The Bertz CT molecular complexity index is 496. The lowest BCUT2D eigenvalue weighted by atomic mass is 10.1. The van der Waals surface area contributed by atoms with E-state index in [2.05, 4.69) is 23.7 Å². The van der Waals surface area contributed by atoms with Crippen LogP contribution in [-0.2, 0) is 0 Å². The molecule has 1 heterocycles. The van der Waals surface area contributed by atoms with Gasteiger partial charge in [-0.1, -0.05) is 26.7 Å². The zero-order valence-electron chi connectivity index (χ0n) is 12.9. The Kier molecular flexibility index (Phi) is 5.04.